The summed E-state index contributed by atoms with van der Waals surface area (Å²) in [6.07, 6.45) is 9.69. The molecule has 1 aliphatic heterocycles. The lowest BCUT2D eigenvalue weighted by molar-refractivity contribution is 0.145. The predicted octanol–water partition coefficient (Wildman–Crippen LogP) is 3.42. The first kappa shape index (κ1) is 14.3. The first-order valence-electron chi connectivity index (χ1n) is 8.14. The Hall–Kier alpha value is -0.0800. The molecule has 2 atom stereocenters. The van der Waals surface area contributed by atoms with Gasteiger partial charge < -0.3 is 5.32 Å². The molecule has 2 nitrogen and oxygen atoms in total. The zero-order valence-electron chi connectivity index (χ0n) is 12.7. The lowest BCUT2D eigenvalue weighted by atomic mass is 9.96. The Balaban J connectivity index is 1.96. The van der Waals surface area contributed by atoms with Crippen LogP contribution in [0.4, 0.5) is 0 Å². The van der Waals surface area contributed by atoms with Crippen LogP contribution in [0.2, 0.25) is 0 Å². The van der Waals surface area contributed by atoms with Crippen molar-refractivity contribution in [3.8, 4) is 0 Å². The van der Waals surface area contributed by atoms with E-state index in [0.717, 1.165) is 12.0 Å². The second kappa shape index (κ2) is 6.38. The topological polar surface area (TPSA) is 15.3 Å². The third-order valence-corrected chi connectivity index (χ3v) is 5.08. The molecule has 1 saturated heterocycles. The average Bonchev–Trinajstić information content (AvgIpc) is 2.71. The summed E-state index contributed by atoms with van der Waals surface area (Å²) in [5.41, 5.74) is 0.469. The van der Waals surface area contributed by atoms with Crippen LogP contribution in [-0.4, -0.2) is 36.1 Å². The minimum Gasteiger partial charge on any atom is -0.310 e. The molecule has 1 heterocycles. The largest absolute Gasteiger partial charge is 0.310 e. The van der Waals surface area contributed by atoms with Crippen molar-refractivity contribution in [1.29, 1.82) is 0 Å². The molecule has 0 radical (unpaired) electrons. The molecule has 1 saturated carbocycles. The maximum Gasteiger partial charge on any atom is 0.0308 e. The van der Waals surface area contributed by atoms with Gasteiger partial charge in [-0.25, -0.2) is 0 Å². The van der Waals surface area contributed by atoms with Gasteiger partial charge in [0.2, 0.25) is 0 Å². The molecule has 1 N–H and O–H groups in total. The van der Waals surface area contributed by atoms with Crippen LogP contribution >= 0.6 is 0 Å². The van der Waals surface area contributed by atoms with Crippen LogP contribution in [0.15, 0.2) is 0 Å². The monoisotopic (exact) mass is 252 g/mol. The third kappa shape index (κ3) is 3.48. The van der Waals surface area contributed by atoms with Crippen LogP contribution in [0, 0.1) is 5.92 Å². The number of nitrogens with one attached hydrogen (secondary N) is 1. The number of nitrogens with zero attached hydrogens (tertiary/aromatic N) is 1. The van der Waals surface area contributed by atoms with Crippen LogP contribution < -0.4 is 5.32 Å². The Bertz CT molecular complexity index is 245. The van der Waals surface area contributed by atoms with Gasteiger partial charge in [-0.2, -0.15) is 0 Å². The number of hydrogen-bond acceptors (Lipinski definition) is 2. The summed E-state index contributed by atoms with van der Waals surface area (Å²) in [6.45, 7) is 11.0. The summed E-state index contributed by atoms with van der Waals surface area (Å²) in [7, 11) is 0. The van der Waals surface area contributed by atoms with Crippen molar-refractivity contribution in [1.82, 2.24) is 10.2 Å². The smallest absolute Gasteiger partial charge is 0.0308 e. The first-order valence-corrected chi connectivity index (χ1v) is 8.14. The van der Waals surface area contributed by atoms with Gasteiger partial charge in [0.15, 0.2) is 0 Å². The molecular weight excluding hydrogens is 220 g/mol. The molecule has 2 rings (SSSR count). The normalized spacial score (nSPS) is 30.5. The molecule has 2 fully saturated rings. The van der Waals surface area contributed by atoms with Crippen molar-refractivity contribution in [3.63, 3.8) is 0 Å². The minimum atomic E-state index is 0.469. The third-order valence-electron chi connectivity index (χ3n) is 5.08. The summed E-state index contributed by atoms with van der Waals surface area (Å²) in [5, 5.41) is 3.88. The molecule has 0 aromatic carbocycles. The van der Waals surface area contributed by atoms with E-state index in [0.29, 0.717) is 5.54 Å². The van der Waals surface area contributed by atoms with Gasteiger partial charge in [-0.1, -0.05) is 33.1 Å². The van der Waals surface area contributed by atoms with Gasteiger partial charge in [-0.3, -0.25) is 4.90 Å². The molecule has 1 spiro atoms. The van der Waals surface area contributed by atoms with Crippen LogP contribution in [0.3, 0.4) is 0 Å². The van der Waals surface area contributed by atoms with Gasteiger partial charge in [-0.15, -0.1) is 0 Å². The lowest BCUT2D eigenvalue weighted by Crippen LogP contribution is -2.51. The molecular formula is C16H32N2. The molecule has 2 unspecified atom stereocenters. The molecule has 106 valence electrons. The molecule has 0 aromatic rings. The summed E-state index contributed by atoms with van der Waals surface area (Å²) in [5.74, 6) is 0.856. The summed E-state index contributed by atoms with van der Waals surface area (Å²) in [6, 6.07) is 0.761. The van der Waals surface area contributed by atoms with E-state index < -0.39 is 0 Å². The van der Waals surface area contributed by atoms with E-state index >= 15 is 0 Å². The highest BCUT2D eigenvalue weighted by atomic mass is 15.2. The quantitative estimate of drug-likeness (QED) is 0.825. The van der Waals surface area contributed by atoms with E-state index in [1.165, 1.54) is 64.6 Å². The van der Waals surface area contributed by atoms with E-state index in [-0.39, 0.29) is 0 Å². The Morgan fingerprint density at radius 1 is 1.33 bits per heavy atom. The van der Waals surface area contributed by atoms with Crippen LogP contribution in [0.5, 0.6) is 0 Å². The average molecular weight is 252 g/mol. The Kier molecular flexibility index (Phi) is 5.08. The van der Waals surface area contributed by atoms with Gasteiger partial charge in [0.25, 0.3) is 0 Å². The van der Waals surface area contributed by atoms with Crippen molar-refractivity contribution in [2.45, 2.75) is 77.3 Å². The van der Waals surface area contributed by atoms with Crippen molar-refractivity contribution >= 4 is 0 Å². The van der Waals surface area contributed by atoms with Crippen LogP contribution in [-0.2, 0) is 0 Å². The number of hydrogen-bond donors (Lipinski definition) is 1. The van der Waals surface area contributed by atoms with E-state index in [1.54, 1.807) is 0 Å². The van der Waals surface area contributed by atoms with E-state index in [1.807, 2.05) is 0 Å². The lowest BCUT2D eigenvalue weighted by Gasteiger charge is -2.36. The highest BCUT2D eigenvalue weighted by molar-refractivity contribution is 4.98. The zero-order valence-corrected chi connectivity index (χ0v) is 12.7. The summed E-state index contributed by atoms with van der Waals surface area (Å²) >= 11 is 0. The van der Waals surface area contributed by atoms with Gasteiger partial charge in [0, 0.05) is 24.7 Å². The SMILES string of the molecule is CCCC(C)CN1CC2(CCCC2)NCCC1C. The maximum absolute atomic E-state index is 3.88. The fourth-order valence-corrected chi connectivity index (χ4v) is 3.94. The second-order valence-electron chi connectivity index (χ2n) is 6.88. The van der Waals surface area contributed by atoms with Crippen LogP contribution in [0.25, 0.3) is 0 Å². The summed E-state index contributed by atoms with van der Waals surface area (Å²) in [4.78, 5) is 2.78. The highest BCUT2D eigenvalue weighted by Crippen LogP contribution is 2.33. The fraction of sp³-hybridized carbons (Fsp3) is 1.00. The predicted molar refractivity (Wildman–Crippen MR) is 78.9 cm³/mol. The van der Waals surface area contributed by atoms with E-state index in [9.17, 15) is 0 Å². The second-order valence-corrected chi connectivity index (χ2v) is 6.88. The van der Waals surface area contributed by atoms with Crippen molar-refractivity contribution in [2.75, 3.05) is 19.6 Å². The maximum atomic E-state index is 3.88. The fourth-order valence-electron chi connectivity index (χ4n) is 3.94. The van der Waals surface area contributed by atoms with Gasteiger partial charge in [0.05, 0.1) is 0 Å². The molecule has 0 aromatic heterocycles. The Morgan fingerprint density at radius 2 is 2.06 bits per heavy atom. The number of rotatable bonds is 4. The highest BCUT2D eigenvalue weighted by Gasteiger charge is 2.38. The van der Waals surface area contributed by atoms with E-state index in [2.05, 4.69) is 31.0 Å². The van der Waals surface area contributed by atoms with Gasteiger partial charge in [0.1, 0.15) is 0 Å². The Morgan fingerprint density at radius 3 is 2.72 bits per heavy atom. The van der Waals surface area contributed by atoms with Crippen molar-refractivity contribution in [2.24, 2.45) is 5.92 Å². The molecule has 2 heteroatoms. The van der Waals surface area contributed by atoms with Gasteiger partial charge >= 0.3 is 0 Å². The van der Waals surface area contributed by atoms with Gasteiger partial charge in [-0.05, 0) is 45.1 Å². The standard InChI is InChI=1S/C16H32N2/c1-4-7-14(2)12-18-13-16(9-5-6-10-16)17-11-8-15(18)3/h14-15,17H,4-13H2,1-3H3. The summed E-state index contributed by atoms with van der Waals surface area (Å²) < 4.78 is 0. The van der Waals surface area contributed by atoms with Crippen LogP contribution in [0.1, 0.15) is 65.7 Å². The molecule has 1 aliphatic carbocycles. The van der Waals surface area contributed by atoms with Crippen molar-refractivity contribution in [3.05, 3.63) is 0 Å². The van der Waals surface area contributed by atoms with E-state index in [4.69, 9.17) is 0 Å². The molecule has 0 bridgehead atoms. The molecule has 2 aliphatic rings. The Labute approximate surface area is 114 Å². The molecule has 0 amide bonds. The first-order chi connectivity index (χ1) is 8.65. The van der Waals surface area contributed by atoms with Crippen molar-refractivity contribution < 1.29 is 0 Å². The minimum absolute atomic E-state index is 0.469. The molecule has 18 heavy (non-hydrogen) atoms. The zero-order chi connectivity index (χ0) is 13.0.